The van der Waals surface area contributed by atoms with Gasteiger partial charge in [-0.1, -0.05) is 6.92 Å². The summed E-state index contributed by atoms with van der Waals surface area (Å²) in [4.78, 5) is 12.5. The third kappa shape index (κ3) is 8.87. The number of aliphatic hydroxyl groups is 10. The van der Waals surface area contributed by atoms with Crippen LogP contribution in [-0.2, 0) is 42.7 Å². The lowest BCUT2D eigenvalue weighted by atomic mass is 9.94. The molecule has 4 rings (SSSR count). The van der Waals surface area contributed by atoms with E-state index in [0.717, 1.165) is 6.92 Å². The minimum Gasteiger partial charge on any atom is -0.394 e. The first-order chi connectivity index (χ1) is 23.1. The summed E-state index contributed by atoms with van der Waals surface area (Å²) in [5.41, 5.74) is 0. The molecule has 4 aliphatic rings. The molecule has 0 bridgehead atoms. The van der Waals surface area contributed by atoms with E-state index in [4.69, 9.17) is 37.9 Å². The minimum absolute atomic E-state index is 0.119. The van der Waals surface area contributed by atoms with Crippen molar-refractivity contribution in [2.45, 2.75) is 157 Å². The van der Waals surface area contributed by atoms with E-state index >= 15 is 0 Å². The van der Waals surface area contributed by atoms with E-state index in [1.807, 2.05) is 6.92 Å². The van der Waals surface area contributed by atoms with Crippen LogP contribution < -0.4 is 5.32 Å². The molecule has 0 aromatic heterocycles. The van der Waals surface area contributed by atoms with Gasteiger partial charge in [-0.2, -0.15) is 0 Å². The van der Waals surface area contributed by atoms with Crippen LogP contribution >= 0.6 is 0 Å². The summed E-state index contributed by atoms with van der Waals surface area (Å²) >= 11 is 0. The molecule has 0 radical (unpaired) electrons. The van der Waals surface area contributed by atoms with Crippen LogP contribution in [0.15, 0.2) is 0 Å². The zero-order valence-electron chi connectivity index (χ0n) is 27.5. The molecule has 20 heteroatoms. The fourth-order valence-corrected chi connectivity index (χ4v) is 6.16. The average molecular weight is 718 g/mol. The fourth-order valence-electron chi connectivity index (χ4n) is 6.16. The largest absolute Gasteiger partial charge is 0.394 e. The highest BCUT2D eigenvalue weighted by Gasteiger charge is 2.56. The van der Waals surface area contributed by atoms with Crippen molar-refractivity contribution in [2.75, 3.05) is 19.8 Å². The Hall–Kier alpha value is -1.25. The molecule has 0 saturated carbocycles. The molecule has 0 aromatic carbocycles. The third-order valence-corrected chi connectivity index (χ3v) is 9.00. The third-order valence-electron chi connectivity index (χ3n) is 9.00. The summed E-state index contributed by atoms with van der Waals surface area (Å²) in [6.45, 7) is 4.41. The van der Waals surface area contributed by atoms with Crippen LogP contribution in [0.2, 0.25) is 0 Å². The molecule has 4 saturated heterocycles. The van der Waals surface area contributed by atoms with Crippen molar-refractivity contribution in [3.8, 4) is 0 Å². The Bertz CT molecular complexity index is 1040. The maximum absolute atomic E-state index is 12.5. The van der Waals surface area contributed by atoms with Crippen molar-refractivity contribution >= 4 is 5.91 Å². The normalized spacial score (nSPS) is 49.4. The first-order valence-electron chi connectivity index (χ1n) is 16.3. The quantitative estimate of drug-likeness (QED) is 0.0895. The van der Waals surface area contributed by atoms with Crippen LogP contribution in [0.5, 0.6) is 0 Å². The molecule has 0 aromatic rings. The number of carbonyl (C=O) groups is 1. The highest BCUT2D eigenvalue weighted by molar-refractivity contribution is 5.73. The Kier molecular flexibility index (Phi) is 14.5. The van der Waals surface area contributed by atoms with Crippen LogP contribution in [-0.4, -0.2) is 200 Å². The van der Waals surface area contributed by atoms with E-state index in [-0.39, 0.29) is 6.61 Å². The highest BCUT2D eigenvalue weighted by atomic mass is 16.8. The topological polar surface area (TPSA) is 305 Å². The summed E-state index contributed by atoms with van der Waals surface area (Å²) < 4.78 is 46.8. The first kappa shape index (κ1) is 40.5. The maximum atomic E-state index is 12.5. The Labute approximate surface area is 281 Å². The summed E-state index contributed by atoms with van der Waals surface area (Å²) in [6.07, 6.45) is -28.8. The summed E-state index contributed by atoms with van der Waals surface area (Å²) in [5, 5.41) is 107. The van der Waals surface area contributed by atoms with E-state index < -0.39 is 142 Å². The van der Waals surface area contributed by atoms with Gasteiger partial charge in [0, 0.05) is 13.5 Å². The number of rotatable bonds is 12. The maximum Gasteiger partial charge on any atom is 0.217 e. The molecule has 4 fully saturated rings. The molecule has 49 heavy (non-hydrogen) atoms. The molecule has 11 N–H and O–H groups in total. The number of hydrogen-bond acceptors (Lipinski definition) is 19. The molecule has 8 unspecified atom stereocenters. The predicted molar refractivity (Wildman–Crippen MR) is 157 cm³/mol. The van der Waals surface area contributed by atoms with Gasteiger partial charge in [0.1, 0.15) is 85.4 Å². The second-order valence-corrected chi connectivity index (χ2v) is 12.7. The van der Waals surface area contributed by atoms with Crippen molar-refractivity contribution in [1.29, 1.82) is 0 Å². The van der Waals surface area contributed by atoms with Gasteiger partial charge in [0.15, 0.2) is 25.2 Å². The van der Waals surface area contributed by atoms with Gasteiger partial charge in [-0.05, 0) is 20.3 Å². The molecule has 0 aliphatic carbocycles. The molecule has 20 atom stereocenters. The van der Waals surface area contributed by atoms with Gasteiger partial charge in [-0.15, -0.1) is 0 Å². The van der Waals surface area contributed by atoms with Crippen LogP contribution in [0.25, 0.3) is 0 Å². The molecule has 4 aliphatic heterocycles. The molecule has 1 amide bonds. The molecule has 4 heterocycles. The zero-order chi connectivity index (χ0) is 36.3. The Morgan fingerprint density at radius 1 is 0.592 bits per heavy atom. The monoisotopic (exact) mass is 717 g/mol. The van der Waals surface area contributed by atoms with Crippen molar-refractivity contribution in [3.05, 3.63) is 0 Å². The van der Waals surface area contributed by atoms with Crippen molar-refractivity contribution in [3.63, 3.8) is 0 Å². The average Bonchev–Trinajstić information content (AvgIpc) is 3.07. The lowest BCUT2D eigenvalue weighted by molar-refractivity contribution is -0.388. The number of aliphatic hydroxyl groups excluding tert-OH is 10. The highest BCUT2D eigenvalue weighted by Crippen LogP contribution is 2.35. The van der Waals surface area contributed by atoms with Crippen molar-refractivity contribution < 1.29 is 93.8 Å². The van der Waals surface area contributed by atoms with Gasteiger partial charge in [-0.25, -0.2) is 0 Å². The lowest BCUT2D eigenvalue weighted by Crippen LogP contribution is -2.70. The number of ether oxygens (including phenoxy) is 8. The summed E-state index contributed by atoms with van der Waals surface area (Å²) in [5.74, 6) is -0.666. The van der Waals surface area contributed by atoms with E-state index in [9.17, 15) is 55.9 Å². The molecular formula is C29H51NO19. The Morgan fingerprint density at radius 2 is 1.08 bits per heavy atom. The van der Waals surface area contributed by atoms with Gasteiger partial charge in [0.05, 0.1) is 25.4 Å². The smallest absolute Gasteiger partial charge is 0.217 e. The molecule has 0 spiro atoms. The van der Waals surface area contributed by atoms with Gasteiger partial charge >= 0.3 is 0 Å². The number of nitrogens with one attached hydrogen (secondary N) is 1. The second kappa shape index (κ2) is 17.5. The predicted octanol–water partition coefficient (Wildman–Crippen LogP) is -6.12. The van der Waals surface area contributed by atoms with Crippen molar-refractivity contribution in [2.24, 2.45) is 0 Å². The van der Waals surface area contributed by atoms with Crippen LogP contribution in [0, 0.1) is 0 Å². The Morgan fingerprint density at radius 3 is 1.67 bits per heavy atom. The van der Waals surface area contributed by atoms with E-state index in [2.05, 4.69) is 5.32 Å². The lowest BCUT2D eigenvalue weighted by Gasteiger charge is -2.50. The second-order valence-electron chi connectivity index (χ2n) is 12.7. The summed E-state index contributed by atoms with van der Waals surface area (Å²) in [6, 6.07) is -1.46. The van der Waals surface area contributed by atoms with Crippen LogP contribution in [0.1, 0.15) is 34.1 Å². The van der Waals surface area contributed by atoms with Gasteiger partial charge in [-0.3, -0.25) is 4.79 Å². The zero-order valence-corrected chi connectivity index (χ0v) is 27.5. The van der Waals surface area contributed by atoms with E-state index in [1.54, 1.807) is 0 Å². The van der Waals surface area contributed by atoms with Crippen LogP contribution in [0.3, 0.4) is 0 Å². The number of hydrogen-bond donors (Lipinski definition) is 11. The number of amides is 1. The minimum atomic E-state index is -1.86. The van der Waals surface area contributed by atoms with Gasteiger partial charge < -0.3 is 94.3 Å². The molecule has 20 nitrogen and oxygen atoms in total. The first-order valence-corrected chi connectivity index (χ1v) is 16.3. The summed E-state index contributed by atoms with van der Waals surface area (Å²) in [7, 11) is 0. The molecule has 286 valence electrons. The van der Waals surface area contributed by atoms with Crippen LogP contribution in [0.4, 0.5) is 0 Å². The van der Waals surface area contributed by atoms with E-state index in [0.29, 0.717) is 6.42 Å². The standard InChI is InChI=1S/C29H51NO19/c1-5-6-42-29-25(24(16(35)10(3)44-29)48-28-22(41)20(39)17(36)12(7-31)46-28)49-26-14(30-11(4)33)23(18(37)13(8-32)45-26)47-27-21(40)19(38)15(34)9(2)43-27/h9-10,12-29,31-32,34-41H,5-8H2,1-4H3,(H,30,33)/t9?,10?,12-,13?,14?,15-,16-,17+,18+,19-,20?,21?,22?,23+,24-,25?,26-,27-,28+,29+/m0/s1. The van der Waals surface area contributed by atoms with Gasteiger partial charge in [0.2, 0.25) is 5.91 Å². The SMILES string of the molecule is CCCO[C@@H]1OC(C)[C@H](O)[C@H](O[C@H]2O[C@@H](CO)[C@@H](O)C(O)C2O)C1O[C@@H]1OC(CO)[C@@H](O)[C@H](O[C@@H]2OC(C)[C@H](O)[C@H](O)C2O)C1NC(C)=O. The molecular weight excluding hydrogens is 666 g/mol. The number of carbonyl (C=O) groups excluding carboxylic acids is 1. The fraction of sp³-hybridized carbons (Fsp3) is 0.966. The van der Waals surface area contributed by atoms with Crippen molar-refractivity contribution in [1.82, 2.24) is 5.32 Å². The van der Waals surface area contributed by atoms with E-state index in [1.165, 1.54) is 13.8 Å². The Balaban J connectivity index is 1.68. The van der Waals surface area contributed by atoms with Gasteiger partial charge in [0.25, 0.3) is 0 Å².